The fourth-order valence-electron chi connectivity index (χ4n) is 1.67. The molecule has 0 radical (unpaired) electrons. The molecule has 2 nitrogen and oxygen atoms in total. The van der Waals surface area contributed by atoms with Gasteiger partial charge in [0.25, 0.3) is 11.5 Å². The average Bonchev–Trinajstić information content (AvgIpc) is 2.50. The number of hydrogen-bond donors (Lipinski definition) is 0. The molecule has 13 heavy (non-hydrogen) atoms. The van der Waals surface area contributed by atoms with Crippen LogP contribution in [0.25, 0.3) is 0 Å². The third-order valence-corrected chi connectivity index (χ3v) is 2.85. The van der Waals surface area contributed by atoms with Gasteiger partial charge in [-0.1, -0.05) is 25.4 Å². The highest BCUT2D eigenvalue weighted by Crippen LogP contribution is 2.24. The zero-order valence-corrected chi connectivity index (χ0v) is 8.72. The molecule has 4 heteroatoms. The van der Waals surface area contributed by atoms with Gasteiger partial charge in [-0.2, -0.15) is 0 Å². The van der Waals surface area contributed by atoms with Crippen molar-refractivity contribution in [2.45, 2.75) is 25.9 Å². The lowest BCUT2D eigenvalue weighted by Crippen LogP contribution is -2.33. The first kappa shape index (κ1) is 10.8. The van der Waals surface area contributed by atoms with E-state index < -0.39 is 11.5 Å². The highest BCUT2D eigenvalue weighted by Gasteiger charge is 2.30. The molecule has 1 amide bonds. The summed E-state index contributed by atoms with van der Waals surface area (Å²) >= 11 is 5.08. The maximum atomic E-state index is 12.4. The molecular weight excluding hydrogens is 193 g/mol. The van der Waals surface area contributed by atoms with Gasteiger partial charge in [-0.3, -0.25) is 4.79 Å². The van der Waals surface area contributed by atoms with Crippen LogP contribution in [0.4, 0.5) is 4.39 Å². The number of carbonyl (C=O) groups is 1. The minimum atomic E-state index is -1.87. The Kier molecular flexibility index (Phi) is 3.54. The fourth-order valence-corrected chi connectivity index (χ4v) is 1.81. The molecule has 0 saturated carbocycles. The summed E-state index contributed by atoms with van der Waals surface area (Å²) in [7, 11) is 0. The summed E-state index contributed by atoms with van der Waals surface area (Å²) in [5, 5.41) is 0. The van der Waals surface area contributed by atoms with Gasteiger partial charge in [-0.05, 0) is 18.3 Å². The summed E-state index contributed by atoms with van der Waals surface area (Å²) < 4.78 is 12.4. The van der Waals surface area contributed by atoms with Crippen LogP contribution in [-0.4, -0.2) is 29.5 Å². The molecule has 0 bridgehead atoms. The van der Waals surface area contributed by atoms with Gasteiger partial charge in [0.2, 0.25) is 0 Å². The van der Waals surface area contributed by atoms with Crippen molar-refractivity contribution in [3.05, 3.63) is 0 Å². The van der Waals surface area contributed by atoms with Crippen molar-refractivity contribution in [3.63, 3.8) is 0 Å². The van der Waals surface area contributed by atoms with E-state index in [2.05, 4.69) is 13.8 Å². The van der Waals surface area contributed by atoms with E-state index in [4.69, 9.17) is 11.6 Å². The van der Waals surface area contributed by atoms with Gasteiger partial charge in [-0.25, -0.2) is 4.39 Å². The van der Waals surface area contributed by atoms with E-state index in [-0.39, 0.29) is 0 Å². The molecule has 0 aromatic heterocycles. The third kappa shape index (κ3) is 2.56. The van der Waals surface area contributed by atoms with Crippen molar-refractivity contribution in [2.24, 2.45) is 11.8 Å². The van der Waals surface area contributed by atoms with Crippen LogP contribution in [0, 0.1) is 11.8 Å². The van der Waals surface area contributed by atoms with Gasteiger partial charge in [0.1, 0.15) is 0 Å². The number of rotatable bonds is 2. The first-order chi connectivity index (χ1) is 6.02. The Morgan fingerprint density at radius 3 is 2.62 bits per heavy atom. The monoisotopic (exact) mass is 207 g/mol. The number of likely N-dealkylation sites (tertiary alicyclic amines) is 1. The maximum absolute atomic E-state index is 12.4. The normalized spacial score (nSPS) is 25.3. The molecule has 1 rings (SSSR count). The summed E-state index contributed by atoms with van der Waals surface area (Å²) in [6.45, 7) is 5.54. The molecule has 1 heterocycles. The predicted molar refractivity (Wildman–Crippen MR) is 50.3 cm³/mol. The second kappa shape index (κ2) is 4.27. The van der Waals surface area contributed by atoms with E-state index in [1.165, 1.54) is 4.90 Å². The highest BCUT2D eigenvalue weighted by molar-refractivity contribution is 6.29. The van der Waals surface area contributed by atoms with Crippen LogP contribution in [0.1, 0.15) is 20.3 Å². The highest BCUT2D eigenvalue weighted by atomic mass is 35.5. The number of hydrogen-bond acceptors (Lipinski definition) is 1. The predicted octanol–water partition coefficient (Wildman–Crippen LogP) is 2.03. The molecule has 0 spiro atoms. The van der Waals surface area contributed by atoms with Crippen molar-refractivity contribution in [3.8, 4) is 0 Å². The van der Waals surface area contributed by atoms with Gasteiger partial charge in [0.15, 0.2) is 0 Å². The van der Waals surface area contributed by atoms with Gasteiger partial charge < -0.3 is 4.90 Å². The maximum Gasteiger partial charge on any atom is 0.272 e. The molecular formula is C9H15ClFNO. The summed E-state index contributed by atoms with van der Waals surface area (Å²) in [6.07, 6.45) is 0.965. The van der Waals surface area contributed by atoms with E-state index in [1.54, 1.807) is 0 Å². The largest absolute Gasteiger partial charge is 0.339 e. The minimum Gasteiger partial charge on any atom is -0.339 e. The van der Waals surface area contributed by atoms with Crippen LogP contribution in [0.15, 0.2) is 0 Å². The van der Waals surface area contributed by atoms with Crippen molar-refractivity contribution >= 4 is 17.5 Å². The first-order valence-corrected chi connectivity index (χ1v) is 5.03. The number of halogens is 2. The molecule has 0 N–H and O–H groups in total. The Bertz CT molecular complexity index is 196. The van der Waals surface area contributed by atoms with Crippen molar-refractivity contribution in [1.82, 2.24) is 4.90 Å². The lowest BCUT2D eigenvalue weighted by molar-refractivity contribution is -0.132. The van der Waals surface area contributed by atoms with Gasteiger partial charge in [-0.15, -0.1) is 0 Å². The number of carbonyl (C=O) groups excluding carboxylic acids is 1. The van der Waals surface area contributed by atoms with Crippen LogP contribution in [-0.2, 0) is 4.79 Å². The van der Waals surface area contributed by atoms with Crippen LogP contribution in [0.5, 0.6) is 0 Å². The van der Waals surface area contributed by atoms with Gasteiger partial charge in [0, 0.05) is 13.1 Å². The van der Waals surface area contributed by atoms with E-state index in [9.17, 15) is 9.18 Å². The van der Waals surface area contributed by atoms with Crippen molar-refractivity contribution in [1.29, 1.82) is 0 Å². The quantitative estimate of drug-likeness (QED) is 0.635. The second-order valence-electron chi connectivity index (χ2n) is 3.88. The van der Waals surface area contributed by atoms with Crippen molar-refractivity contribution in [2.75, 3.05) is 13.1 Å². The Morgan fingerprint density at radius 2 is 2.23 bits per heavy atom. The molecule has 1 fully saturated rings. The molecule has 1 saturated heterocycles. The van der Waals surface area contributed by atoms with Crippen LogP contribution in [0.2, 0.25) is 0 Å². The van der Waals surface area contributed by atoms with Crippen LogP contribution >= 0.6 is 11.6 Å². The summed E-state index contributed by atoms with van der Waals surface area (Å²) in [6, 6.07) is 0. The first-order valence-electron chi connectivity index (χ1n) is 4.59. The lowest BCUT2D eigenvalue weighted by Gasteiger charge is -2.17. The Balaban J connectivity index is 2.45. The fraction of sp³-hybridized carbons (Fsp3) is 0.889. The SMILES string of the molecule is CC(C)[C@H]1CCN(C(=O)[C@H](F)Cl)C1. The summed E-state index contributed by atoms with van der Waals surface area (Å²) in [4.78, 5) is 12.6. The molecule has 0 aliphatic carbocycles. The molecule has 1 aliphatic rings. The number of amides is 1. The topological polar surface area (TPSA) is 20.3 Å². The van der Waals surface area contributed by atoms with E-state index in [1.807, 2.05) is 0 Å². The van der Waals surface area contributed by atoms with E-state index in [0.29, 0.717) is 24.9 Å². The zero-order chi connectivity index (χ0) is 10.0. The lowest BCUT2D eigenvalue weighted by atomic mass is 9.95. The van der Waals surface area contributed by atoms with E-state index >= 15 is 0 Å². The standard InChI is InChI=1S/C9H15ClFNO/c1-6(2)7-3-4-12(5-7)9(13)8(10)11/h6-8H,3-5H2,1-2H3/t7-,8-/m0/s1. The molecule has 0 aromatic rings. The second-order valence-corrected chi connectivity index (χ2v) is 4.26. The van der Waals surface area contributed by atoms with Crippen LogP contribution in [0.3, 0.4) is 0 Å². The Hall–Kier alpha value is -0.310. The number of alkyl halides is 2. The molecule has 0 unspecified atom stereocenters. The molecule has 76 valence electrons. The Morgan fingerprint density at radius 1 is 1.62 bits per heavy atom. The van der Waals surface area contributed by atoms with Crippen LogP contribution < -0.4 is 0 Å². The van der Waals surface area contributed by atoms with Gasteiger partial charge >= 0.3 is 0 Å². The smallest absolute Gasteiger partial charge is 0.272 e. The Labute approximate surface area is 83.0 Å². The number of nitrogens with zero attached hydrogens (tertiary/aromatic N) is 1. The zero-order valence-electron chi connectivity index (χ0n) is 7.96. The molecule has 2 atom stereocenters. The van der Waals surface area contributed by atoms with E-state index in [0.717, 1.165) is 6.42 Å². The molecule has 0 aromatic carbocycles. The summed E-state index contributed by atoms with van der Waals surface area (Å²) in [5.74, 6) is 0.468. The average molecular weight is 208 g/mol. The third-order valence-electron chi connectivity index (χ3n) is 2.67. The van der Waals surface area contributed by atoms with Crippen molar-refractivity contribution < 1.29 is 9.18 Å². The summed E-state index contributed by atoms with van der Waals surface area (Å²) in [5.41, 5.74) is -1.87. The molecule has 1 aliphatic heterocycles. The minimum absolute atomic E-state index is 0.499. The van der Waals surface area contributed by atoms with Gasteiger partial charge in [0.05, 0.1) is 0 Å².